The molecule has 22 heavy (non-hydrogen) atoms. The molecule has 1 aromatic rings. The van der Waals surface area contributed by atoms with Crippen LogP contribution in [0.25, 0.3) is 0 Å². The fraction of sp³-hybridized carbons (Fsp3) is 0.533. The summed E-state index contributed by atoms with van der Waals surface area (Å²) in [6.07, 6.45) is 0.714. The van der Waals surface area contributed by atoms with Gasteiger partial charge in [0.05, 0.1) is 4.90 Å². The first-order valence-electron chi connectivity index (χ1n) is 7.24. The summed E-state index contributed by atoms with van der Waals surface area (Å²) in [7, 11) is -2.24. The van der Waals surface area contributed by atoms with Gasteiger partial charge in [0.25, 0.3) is 5.91 Å². The number of rotatable bonds is 8. The van der Waals surface area contributed by atoms with Crippen molar-refractivity contribution in [2.45, 2.75) is 32.1 Å². The quantitative estimate of drug-likeness (QED) is 0.706. The van der Waals surface area contributed by atoms with Crippen molar-refractivity contribution < 1.29 is 17.9 Å². The standard InChI is InChI=1S/C15H24N2O4S/c1-5-21-8-6-7-17-15(18)13-9-11(2)12(3)14(10-13)22(19,20)16-4/h9-10,16H,5-8H2,1-4H3,(H,17,18). The molecular formula is C15H24N2O4S. The summed E-state index contributed by atoms with van der Waals surface area (Å²) in [5.74, 6) is -0.285. The van der Waals surface area contributed by atoms with E-state index in [4.69, 9.17) is 4.74 Å². The Bertz CT molecular complexity index is 627. The minimum absolute atomic E-state index is 0.134. The summed E-state index contributed by atoms with van der Waals surface area (Å²) in [6.45, 7) is 7.15. The summed E-state index contributed by atoms with van der Waals surface area (Å²) in [5, 5.41) is 2.77. The molecule has 7 heteroatoms. The van der Waals surface area contributed by atoms with Crippen LogP contribution in [-0.4, -0.2) is 41.1 Å². The zero-order valence-corrected chi connectivity index (χ0v) is 14.3. The van der Waals surface area contributed by atoms with Crippen molar-refractivity contribution in [3.8, 4) is 0 Å². The van der Waals surface area contributed by atoms with E-state index in [9.17, 15) is 13.2 Å². The molecule has 0 unspecified atom stereocenters. The number of nitrogens with one attached hydrogen (secondary N) is 2. The van der Waals surface area contributed by atoms with Crippen LogP contribution in [0.2, 0.25) is 0 Å². The molecule has 0 aliphatic heterocycles. The van der Waals surface area contributed by atoms with Crippen LogP contribution in [0.3, 0.4) is 0 Å². The number of carbonyl (C=O) groups is 1. The molecule has 0 saturated heterocycles. The Hall–Kier alpha value is -1.44. The zero-order chi connectivity index (χ0) is 16.8. The number of ether oxygens (including phenoxy) is 1. The molecule has 0 radical (unpaired) electrons. The summed E-state index contributed by atoms with van der Waals surface area (Å²) in [4.78, 5) is 12.3. The van der Waals surface area contributed by atoms with Crippen molar-refractivity contribution in [1.82, 2.24) is 10.0 Å². The van der Waals surface area contributed by atoms with Crippen LogP contribution in [0, 0.1) is 13.8 Å². The Kier molecular flexibility index (Phi) is 6.99. The number of hydrogen-bond donors (Lipinski definition) is 2. The molecule has 124 valence electrons. The van der Waals surface area contributed by atoms with E-state index in [1.165, 1.54) is 13.1 Å². The molecule has 0 aromatic heterocycles. The third-order valence-electron chi connectivity index (χ3n) is 3.40. The van der Waals surface area contributed by atoms with E-state index in [-0.39, 0.29) is 10.8 Å². The second kappa shape index (κ2) is 8.26. The maximum atomic E-state index is 12.1. The van der Waals surface area contributed by atoms with Gasteiger partial charge in [-0.2, -0.15) is 0 Å². The number of hydrogen-bond acceptors (Lipinski definition) is 4. The van der Waals surface area contributed by atoms with Gasteiger partial charge >= 0.3 is 0 Å². The third kappa shape index (κ3) is 4.79. The second-order valence-electron chi connectivity index (χ2n) is 4.93. The molecule has 0 aliphatic rings. The van der Waals surface area contributed by atoms with Gasteiger partial charge in [0.2, 0.25) is 10.0 Å². The number of amides is 1. The lowest BCUT2D eigenvalue weighted by molar-refractivity contribution is 0.0944. The SMILES string of the molecule is CCOCCCNC(=O)c1cc(C)c(C)c(S(=O)(=O)NC)c1. The lowest BCUT2D eigenvalue weighted by Crippen LogP contribution is -2.26. The van der Waals surface area contributed by atoms with Crippen LogP contribution in [0.5, 0.6) is 0 Å². The lowest BCUT2D eigenvalue weighted by Gasteiger charge is -2.12. The van der Waals surface area contributed by atoms with Gasteiger partial charge in [-0.25, -0.2) is 13.1 Å². The van der Waals surface area contributed by atoms with Gasteiger partial charge in [0.1, 0.15) is 0 Å². The highest BCUT2D eigenvalue weighted by Gasteiger charge is 2.19. The van der Waals surface area contributed by atoms with E-state index in [1.54, 1.807) is 19.9 Å². The smallest absolute Gasteiger partial charge is 0.251 e. The van der Waals surface area contributed by atoms with Gasteiger partial charge in [-0.3, -0.25) is 4.79 Å². The lowest BCUT2D eigenvalue weighted by atomic mass is 10.1. The molecule has 1 amide bonds. The molecule has 1 rings (SSSR count). The molecular weight excluding hydrogens is 304 g/mol. The first-order chi connectivity index (χ1) is 10.3. The molecule has 0 spiro atoms. The predicted octanol–water partition coefficient (Wildman–Crippen LogP) is 1.37. The first-order valence-corrected chi connectivity index (χ1v) is 8.72. The Morgan fingerprint density at radius 1 is 1.27 bits per heavy atom. The normalized spacial score (nSPS) is 11.5. The molecule has 0 heterocycles. The van der Waals surface area contributed by atoms with Crippen molar-refractivity contribution in [3.63, 3.8) is 0 Å². The van der Waals surface area contributed by atoms with Crippen LogP contribution in [0.15, 0.2) is 17.0 Å². The summed E-state index contributed by atoms with van der Waals surface area (Å²) in [6, 6.07) is 3.11. The largest absolute Gasteiger partial charge is 0.382 e. The van der Waals surface area contributed by atoms with Crippen molar-refractivity contribution in [1.29, 1.82) is 0 Å². The maximum absolute atomic E-state index is 12.1. The number of sulfonamides is 1. The van der Waals surface area contributed by atoms with E-state index < -0.39 is 10.0 Å². The second-order valence-corrected chi connectivity index (χ2v) is 6.79. The van der Waals surface area contributed by atoms with E-state index in [2.05, 4.69) is 10.0 Å². The minimum atomic E-state index is -3.59. The predicted molar refractivity (Wildman–Crippen MR) is 85.6 cm³/mol. The Morgan fingerprint density at radius 2 is 1.95 bits per heavy atom. The highest BCUT2D eigenvalue weighted by molar-refractivity contribution is 7.89. The average Bonchev–Trinajstić information content (AvgIpc) is 2.49. The monoisotopic (exact) mass is 328 g/mol. The van der Waals surface area contributed by atoms with Gasteiger partial charge < -0.3 is 10.1 Å². The highest BCUT2D eigenvalue weighted by Crippen LogP contribution is 2.20. The summed E-state index contributed by atoms with van der Waals surface area (Å²) >= 11 is 0. The van der Waals surface area contributed by atoms with Crippen molar-refractivity contribution in [2.75, 3.05) is 26.8 Å². The van der Waals surface area contributed by atoms with Crippen molar-refractivity contribution >= 4 is 15.9 Å². The van der Waals surface area contributed by atoms with E-state index >= 15 is 0 Å². The Balaban J connectivity index is 2.90. The van der Waals surface area contributed by atoms with Crippen molar-refractivity contribution in [3.05, 3.63) is 28.8 Å². The molecule has 2 N–H and O–H groups in total. The zero-order valence-electron chi connectivity index (χ0n) is 13.5. The Morgan fingerprint density at radius 3 is 2.55 bits per heavy atom. The number of carbonyl (C=O) groups excluding carboxylic acids is 1. The van der Waals surface area contributed by atoms with Crippen LogP contribution < -0.4 is 10.0 Å². The topological polar surface area (TPSA) is 84.5 Å². The average molecular weight is 328 g/mol. The Labute approximate surface area is 132 Å². The fourth-order valence-corrected chi connectivity index (χ4v) is 3.04. The van der Waals surface area contributed by atoms with Crippen LogP contribution in [-0.2, 0) is 14.8 Å². The molecule has 0 bridgehead atoms. The van der Waals surface area contributed by atoms with E-state index in [1.807, 2.05) is 6.92 Å². The van der Waals surface area contributed by atoms with Gasteiger partial charge in [0.15, 0.2) is 0 Å². The molecule has 0 saturated carbocycles. The fourth-order valence-electron chi connectivity index (χ4n) is 1.97. The molecule has 0 atom stereocenters. The molecule has 1 aromatic carbocycles. The van der Waals surface area contributed by atoms with Crippen LogP contribution in [0.4, 0.5) is 0 Å². The number of aryl methyl sites for hydroxylation is 1. The van der Waals surface area contributed by atoms with E-state index in [0.717, 1.165) is 5.56 Å². The van der Waals surface area contributed by atoms with Crippen molar-refractivity contribution in [2.24, 2.45) is 0 Å². The maximum Gasteiger partial charge on any atom is 0.251 e. The van der Waals surface area contributed by atoms with Gasteiger partial charge in [-0.05, 0) is 57.5 Å². The number of benzene rings is 1. The van der Waals surface area contributed by atoms with Gasteiger partial charge in [-0.15, -0.1) is 0 Å². The molecule has 0 aliphatic carbocycles. The van der Waals surface area contributed by atoms with Gasteiger partial charge in [-0.1, -0.05) is 0 Å². The van der Waals surface area contributed by atoms with Crippen LogP contribution in [0.1, 0.15) is 34.8 Å². The summed E-state index contributed by atoms with van der Waals surface area (Å²) in [5.41, 5.74) is 1.74. The molecule has 6 nitrogen and oxygen atoms in total. The minimum Gasteiger partial charge on any atom is -0.382 e. The third-order valence-corrected chi connectivity index (χ3v) is 4.94. The molecule has 0 fully saturated rings. The first kappa shape index (κ1) is 18.6. The highest BCUT2D eigenvalue weighted by atomic mass is 32.2. The van der Waals surface area contributed by atoms with Gasteiger partial charge in [0, 0.05) is 25.3 Å². The summed E-state index contributed by atoms with van der Waals surface area (Å²) < 4.78 is 31.5. The van der Waals surface area contributed by atoms with E-state index in [0.29, 0.717) is 37.3 Å². The van der Waals surface area contributed by atoms with Crippen LogP contribution >= 0.6 is 0 Å².